The van der Waals surface area contributed by atoms with Crippen LogP contribution in [-0.2, 0) is 14.4 Å². The number of rotatable bonds is 3. The van der Waals surface area contributed by atoms with E-state index in [0.717, 1.165) is 0 Å². The number of piperazine rings is 1. The lowest BCUT2D eigenvalue weighted by atomic mass is 10.0. The predicted molar refractivity (Wildman–Crippen MR) is 89.3 cm³/mol. The number of nitrogens with one attached hydrogen (secondary N) is 3. The van der Waals surface area contributed by atoms with Crippen molar-refractivity contribution in [3.8, 4) is 0 Å². The molecule has 0 spiro atoms. The summed E-state index contributed by atoms with van der Waals surface area (Å²) in [6.45, 7) is 3.61. The van der Waals surface area contributed by atoms with Crippen LogP contribution < -0.4 is 16.0 Å². The average molecular weight is 349 g/mol. The van der Waals surface area contributed by atoms with E-state index >= 15 is 0 Å². The number of hydrogen-bond donors (Lipinski definition) is 4. The summed E-state index contributed by atoms with van der Waals surface area (Å²) in [5.41, 5.74) is 0.706. The quantitative estimate of drug-likeness (QED) is 0.623. The molecule has 3 rings (SSSR count). The summed E-state index contributed by atoms with van der Waals surface area (Å²) in [5.74, 6) is -1.60. The number of thioether (sulfide) groups is 1. The zero-order valence-corrected chi connectivity index (χ0v) is 14.1. The van der Waals surface area contributed by atoms with Crippen LogP contribution in [0.5, 0.6) is 0 Å². The lowest BCUT2D eigenvalue weighted by Gasteiger charge is -2.32. The van der Waals surface area contributed by atoms with Crippen LogP contribution in [0, 0.1) is 0 Å². The van der Waals surface area contributed by atoms with Gasteiger partial charge in [0.1, 0.15) is 18.1 Å². The second kappa shape index (κ2) is 6.10. The molecule has 2 aliphatic rings. The van der Waals surface area contributed by atoms with E-state index in [0.29, 0.717) is 5.56 Å². The van der Waals surface area contributed by atoms with Crippen molar-refractivity contribution in [2.45, 2.75) is 42.1 Å². The van der Waals surface area contributed by atoms with Gasteiger partial charge in [-0.05, 0) is 19.4 Å². The van der Waals surface area contributed by atoms with E-state index in [1.54, 1.807) is 38.1 Å². The molecule has 8 heteroatoms. The molecular formula is C16H19N3O4S. The van der Waals surface area contributed by atoms with Gasteiger partial charge in [-0.2, -0.15) is 0 Å². The summed E-state index contributed by atoms with van der Waals surface area (Å²) in [6, 6.07) is 6.65. The van der Waals surface area contributed by atoms with Crippen LogP contribution in [0.4, 0.5) is 0 Å². The predicted octanol–water partition coefficient (Wildman–Crippen LogP) is 0.237. The molecule has 2 fully saturated rings. The number of aliphatic carboxylic acids is 1. The van der Waals surface area contributed by atoms with Gasteiger partial charge in [-0.1, -0.05) is 30.3 Å². The second-order valence-electron chi connectivity index (χ2n) is 6.42. The van der Waals surface area contributed by atoms with Gasteiger partial charge < -0.3 is 15.7 Å². The fourth-order valence-electron chi connectivity index (χ4n) is 3.02. The summed E-state index contributed by atoms with van der Waals surface area (Å²) in [7, 11) is 0. The molecule has 0 radical (unpaired) electrons. The van der Waals surface area contributed by atoms with E-state index in [9.17, 15) is 19.5 Å². The monoisotopic (exact) mass is 349 g/mol. The molecule has 24 heavy (non-hydrogen) atoms. The number of carbonyl (C=O) groups excluding carboxylic acids is 2. The van der Waals surface area contributed by atoms with Crippen molar-refractivity contribution < 1.29 is 19.5 Å². The maximum atomic E-state index is 12.5. The molecule has 4 N–H and O–H groups in total. The standard InChI is InChI=1S/C16H19N3O4S/c1-16(2)11(15(22)23)19-14(24-16)10-13(21)17-9(12(20)18-10)8-6-4-3-5-7-8/h3-7,9-11,14,19H,1-2H3,(H,17,21)(H,18,20)(H,22,23)/t9?,10?,11-,14?/m0/s1. The molecule has 1 aromatic carbocycles. The van der Waals surface area contributed by atoms with E-state index in [4.69, 9.17) is 0 Å². The molecule has 0 bridgehead atoms. The Kier molecular flexibility index (Phi) is 4.27. The Labute approximate surface area is 143 Å². The van der Waals surface area contributed by atoms with Crippen LogP contribution in [0.2, 0.25) is 0 Å². The van der Waals surface area contributed by atoms with Crippen molar-refractivity contribution in [1.82, 2.24) is 16.0 Å². The molecule has 7 nitrogen and oxygen atoms in total. The van der Waals surface area contributed by atoms with Crippen LogP contribution in [0.3, 0.4) is 0 Å². The molecule has 1 aromatic rings. The summed E-state index contributed by atoms with van der Waals surface area (Å²) >= 11 is 1.35. The number of carbonyl (C=O) groups is 3. The third kappa shape index (κ3) is 2.99. The van der Waals surface area contributed by atoms with Crippen molar-refractivity contribution in [2.24, 2.45) is 0 Å². The third-order valence-electron chi connectivity index (χ3n) is 4.27. The molecule has 128 valence electrons. The minimum atomic E-state index is -0.972. The summed E-state index contributed by atoms with van der Waals surface area (Å²) in [4.78, 5) is 36.2. The minimum Gasteiger partial charge on any atom is -0.480 e. The van der Waals surface area contributed by atoms with E-state index in [-0.39, 0.29) is 11.8 Å². The molecule has 2 heterocycles. The minimum absolute atomic E-state index is 0.301. The maximum Gasteiger partial charge on any atom is 0.322 e. The Hall–Kier alpha value is -2.06. The van der Waals surface area contributed by atoms with Gasteiger partial charge in [0.05, 0.1) is 5.37 Å². The first kappa shape index (κ1) is 16.8. The molecule has 4 atom stereocenters. The van der Waals surface area contributed by atoms with Gasteiger partial charge in [-0.15, -0.1) is 11.8 Å². The molecule has 2 saturated heterocycles. The van der Waals surface area contributed by atoms with Gasteiger partial charge in [0.25, 0.3) is 0 Å². The van der Waals surface area contributed by atoms with Crippen molar-refractivity contribution in [3.05, 3.63) is 35.9 Å². The lowest BCUT2D eigenvalue weighted by molar-refractivity contribution is -0.140. The van der Waals surface area contributed by atoms with Crippen LogP contribution in [0.15, 0.2) is 30.3 Å². The zero-order chi connectivity index (χ0) is 17.5. The SMILES string of the molecule is CC1(C)SC(C2NC(=O)C(c3ccccc3)NC2=O)N[C@H]1C(=O)O. The Balaban J connectivity index is 1.75. The fourth-order valence-corrected chi connectivity index (χ4v) is 4.51. The number of hydrogen-bond acceptors (Lipinski definition) is 5. The molecular weight excluding hydrogens is 330 g/mol. The van der Waals surface area contributed by atoms with Gasteiger partial charge in [-0.25, -0.2) is 0 Å². The van der Waals surface area contributed by atoms with E-state index in [1.165, 1.54) is 11.8 Å². The molecule has 2 aliphatic heterocycles. The van der Waals surface area contributed by atoms with Crippen LogP contribution in [0.1, 0.15) is 25.5 Å². The first-order chi connectivity index (χ1) is 11.3. The van der Waals surface area contributed by atoms with Crippen molar-refractivity contribution in [1.29, 1.82) is 0 Å². The second-order valence-corrected chi connectivity index (χ2v) is 8.21. The maximum absolute atomic E-state index is 12.5. The largest absolute Gasteiger partial charge is 0.480 e. The summed E-state index contributed by atoms with van der Waals surface area (Å²) in [6.07, 6.45) is 0. The van der Waals surface area contributed by atoms with Crippen LogP contribution >= 0.6 is 11.8 Å². The Bertz CT molecular complexity index is 679. The normalized spacial score (nSPS) is 32.1. The highest BCUT2D eigenvalue weighted by Crippen LogP contribution is 2.39. The first-order valence-electron chi connectivity index (χ1n) is 7.62. The number of benzene rings is 1. The van der Waals surface area contributed by atoms with E-state index in [2.05, 4.69) is 16.0 Å². The highest BCUT2D eigenvalue weighted by atomic mass is 32.2. The Morgan fingerprint density at radius 2 is 1.79 bits per heavy atom. The Morgan fingerprint density at radius 3 is 2.38 bits per heavy atom. The highest BCUT2D eigenvalue weighted by molar-refractivity contribution is 8.01. The smallest absolute Gasteiger partial charge is 0.322 e. The highest BCUT2D eigenvalue weighted by Gasteiger charge is 2.50. The average Bonchev–Trinajstić information content (AvgIpc) is 2.85. The summed E-state index contributed by atoms with van der Waals surface area (Å²) in [5, 5.41) is 17.2. The molecule has 2 amide bonds. The van der Waals surface area contributed by atoms with Crippen LogP contribution in [0.25, 0.3) is 0 Å². The van der Waals surface area contributed by atoms with Gasteiger partial charge in [-0.3, -0.25) is 19.7 Å². The Morgan fingerprint density at radius 1 is 1.12 bits per heavy atom. The number of carboxylic acids is 1. The molecule has 0 saturated carbocycles. The van der Waals surface area contributed by atoms with E-state index in [1.807, 2.05) is 6.07 Å². The zero-order valence-electron chi connectivity index (χ0n) is 13.3. The van der Waals surface area contributed by atoms with Crippen LogP contribution in [-0.4, -0.2) is 45.1 Å². The van der Waals surface area contributed by atoms with Crippen molar-refractivity contribution in [3.63, 3.8) is 0 Å². The van der Waals surface area contributed by atoms with Gasteiger partial charge in [0.2, 0.25) is 11.8 Å². The topological polar surface area (TPSA) is 108 Å². The first-order valence-corrected chi connectivity index (χ1v) is 8.50. The number of carboxylic acid groups (broad SMARTS) is 1. The lowest BCUT2D eigenvalue weighted by Crippen LogP contribution is -2.63. The third-order valence-corrected chi connectivity index (χ3v) is 5.77. The van der Waals surface area contributed by atoms with Crippen molar-refractivity contribution >= 4 is 29.5 Å². The van der Waals surface area contributed by atoms with Gasteiger partial charge in [0, 0.05) is 4.75 Å². The number of amides is 2. The molecule has 0 aliphatic carbocycles. The van der Waals surface area contributed by atoms with Gasteiger partial charge in [0.15, 0.2) is 0 Å². The van der Waals surface area contributed by atoms with Crippen molar-refractivity contribution in [2.75, 3.05) is 0 Å². The fraction of sp³-hybridized carbons (Fsp3) is 0.438. The van der Waals surface area contributed by atoms with E-state index < -0.39 is 34.2 Å². The summed E-state index contributed by atoms with van der Waals surface area (Å²) < 4.78 is -0.586. The molecule has 0 aromatic heterocycles. The van der Waals surface area contributed by atoms with Gasteiger partial charge >= 0.3 is 5.97 Å². The molecule has 3 unspecified atom stereocenters.